The summed E-state index contributed by atoms with van der Waals surface area (Å²) in [6.45, 7) is 0. The summed E-state index contributed by atoms with van der Waals surface area (Å²) in [5.41, 5.74) is 1.38. The second kappa shape index (κ2) is 2.94. The second-order valence-corrected chi connectivity index (χ2v) is 2.94. The van der Waals surface area contributed by atoms with Gasteiger partial charge in [-0.05, 0) is 5.57 Å². The van der Waals surface area contributed by atoms with Crippen LogP contribution in [-0.2, 0) is 4.79 Å². The number of nitrogens with one attached hydrogen (secondary N) is 1. The topological polar surface area (TPSA) is 49.3 Å². The number of carboxylic acid groups (broad SMARTS) is 1. The summed E-state index contributed by atoms with van der Waals surface area (Å²) >= 11 is 0. The molecule has 0 aromatic heterocycles. The summed E-state index contributed by atoms with van der Waals surface area (Å²) in [6.07, 6.45) is 10.9. The van der Waals surface area contributed by atoms with E-state index in [1.54, 1.807) is 0 Å². The van der Waals surface area contributed by atoms with Gasteiger partial charge in [0.25, 0.3) is 0 Å². The Kier molecular flexibility index (Phi) is 1.77. The molecular weight excluding hydrogens is 166 g/mol. The first kappa shape index (κ1) is 7.86. The molecule has 2 N–H and O–H groups in total. The predicted octanol–water partition coefficient (Wildman–Crippen LogP) is 1.18. The number of carbonyl (C=O) groups is 1. The van der Waals surface area contributed by atoms with Crippen LogP contribution in [0.4, 0.5) is 0 Å². The average molecular weight is 175 g/mol. The molecule has 3 nitrogen and oxygen atoms in total. The van der Waals surface area contributed by atoms with Crippen molar-refractivity contribution in [3.63, 3.8) is 0 Å². The summed E-state index contributed by atoms with van der Waals surface area (Å²) in [4.78, 5) is 10.8. The highest BCUT2D eigenvalue weighted by Crippen LogP contribution is 2.27. The molecule has 3 heteroatoms. The van der Waals surface area contributed by atoms with Crippen molar-refractivity contribution in [2.75, 3.05) is 0 Å². The summed E-state index contributed by atoms with van der Waals surface area (Å²) in [6, 6.07) is 0. The second-order valence-electron chi connectivity index (χ2n) is 2.94. The lowest BCUT2D eigenvalue weighted by atomic mass is 9.87. The molecule has 0 radical (unpaired) electrons. The fourth-order valence-corrected chi connectivity index (χ4v) is 1.49. The predicted molar refractivity (Wildman–Crippen MR) is 48.7 cm³/mol. The van der Waals surface area contributed by atoms with Crippen molar-refractivity contribution in [3.05, 3.63) is 47.9 Å². The van der Waals surface area contributed by atoms with E-state index in [2.05, 4.69) is 5.32 Å². The molecule has 0 saturated carbocycles. The summed E-state index contributed by atoms with van der Waals surface area (Å²) < 4.78 is 0. The van der Waals surface area contributed by atoms with Gasteiger partial charge in [-0.2, -0.15) is 0 Å². The van der Waals surface area contributed by atoms with Gasteiger partial charge in [-0.25, -0.2) is 4.79 Å². The van der Waals surface area contributed by atoms with Crippen LogP contribution in [0.15, 0.2) is 47.9 Å². The van der Waals surface area contributed by atoms with Gasteiger partial charge in [0.1, 0.15) is 0 Å². The van der Waals surface area contributed by atoms with Crippen LogP contribution in [0.25, 0.3) is 0 Å². The molecule has 1 aliphatic heterocycles. The fourth-order valence-electron chi connectivity index (χ4n) is 1.49. The van der Waals surface area contributed by atoms with Crippen molar-refractivity contribution in [3.8, 4) is 0 Å². The first-order chi connectivity index (χ1) is 6.29. The van der Waals surface area contributed by atoms with Crippen LogP contribution in [0, 0.1) is 5.92 Å². The molecule has 0 spiro atoms. The molecule has 66 valence electrons. The van der Waals surface area contributed by atoms with Gasteiger partial charge in [-0.15, -0.1) is 0 Å². The first-order valence-corrected chi connectivity index (χ1v) is 4.03. The van der Waals surface area contributed by atoms with E-state index in [1.807, 2.05) is 30.5 Å². The Morgan fingerprint density at radius 1 is 1.38 bits per heavy atom. The normalized spacial score (nSPS) is 24.2. The zero-order valence-electron chi connectivity index (χ0n) is 6.90. The number of hydrogen-bond acceptors (Lipinski definition) is 2. The number of allylic oxidation sites excluding steroid dienone is 5. The minimum Gasteiger partial charge on any atom is -0.478 e. The molecule has 13 heavy (non-hydrogen) atoms. The molecule has 2 aliphatic rings. The van der Waals surface area contributed by atoms with Crippen LogP contribution >= 0.6 is 0 Å². The van der Waals surface area contributed by atoms with Crippen molar-refractivity contribution >= 4 is 5.97 Å². The molecule has 0 aromatic carbocycles. The molecule has 1 aliphatic carbocycles. The van der Waals surface area contributed by atoms with Crippen LogP contribution in [0.1, 0.15) is 0 Å². The Morgan fingerprint density at radius 3 is 3.00 bits per heavy atom. The van der Waals surface area contributed by atoms with Crippen molar-refractivity contribution in [1.29, 1.82) is 0 Å². The van der Waals surface area contributed by atoms with Crippen LogP contribution in [0.5, 0.6) is 0 Å². The molecule has 1 atom stereocenters. The third-order valence-corrected chi connectivity index (χ3v) is 2.13. The Labute approximate surface area is 75.8 Å². The maximum Gasteiger partial charge on any atom is 0.334 e. The molecule has 0 saturated heterocycles. The lowest BCUT2D eigenvalue weighted by Crippen LogP contribution is -2.21. The highest BCUT2D eigenvalue weighted by Gasteiger charge is 2.23. The number of fused-ring (bicyclic) bond motifs is 1. The van der Waals surface area contributed by atoms with E-state index in [4.69, 9.17) is 5.11 Å². The highest BCUT2D eigenvalue weighted by atomic mass is 16.4. The Morgan fingerprint density at radius 2 is 2.23 bits per heavy atom. The smallest absolute Gasteiger partial charge is 0.334 e. The maximum absolute atomic E-state index is 10.8. The summed E-state index contributed by atoms with van der Waals surface area (Å²) in [7, 11) is 0. The van der Waals surface area contributed by atoms with E-state index in [9.17, 15) is 4.79 Å². The van der Waals surface area contributed by atoms with E-state index in [0.717, 1.165) is 5.57 Å². The standard InChI is InChI=1S/C10H9NO2/c12-10(13)9-6-11-5-7-3-1-2-4-8(7)9/h1-6,8,11H,(H,12,13). The van der Waals surface area contributed by atoms with Gasteiger partial charge < -0.3 is 10.4 Å². The van der Waals surface area contributed by atoms with Gasteiger partial charge in [0.2, 0.25) is 0 Å². The van der Waals surface area contributed by atoms with Gasteiger partial charge in [0.15, 0.2) is 0 Å². The van der Waals surface area contributed by atoms with E-state index < -0.39 is 5.97 Å². The SMILES string of the molecule is O=C(O)C1=CNC=C2C=CC=CC21. The van der Waals surface area contributed by atoms with Gasteiger partial charge in [0, 0.05) is 18.3 Å². The summed E-state index contributed by atoms with van der Waals surface area (Å²) in [5.74, 6) is -0.966. The van der Waals surface area contributed by atoms with Crippen LogP contribution in [-0.4, -0.2) is 11.1 Å². The third kappa shape index (κ3) is 1.28. The molecule has 1 unspecified atom stereocenters. The quantitative estimate of drug-likeness (QED) is 0.629. The maximum atomic E-state index is 10.8. The third-order valence-electron chi connectivity index (χ3n) is 2.13. The molecule has 2 rings (SSSR count). The van der Waals surface area contributed by atoms with E-state index in [-0.39, 0.29) is 5.92 Å². The monoisotopic (exact) mass is 175 g/mol. The fraction of sp³-hybridized carbons (Fsp3) is 0.100. The van der Waals surface area contributed by atoms with E-state index in [1.165, 1.54) is 6.20 Å². The molecule has 0 fully saturated rings. The number of dihydropyridines is 1. The molecular formula is C10H9NO2. The number of aliphatic carboxylic acids is 1. The van der Waals surface area contributed by atoms with E-state index >= 15 is 0 Å². The van der Waals surface area contributed by atoms with Crippen molar-refractivity contribution < 1.29 is 9.90 Å². The Hall–Kier alpha value is -1.77. The van der Waals surface area contributed by atoms with Crippen LogP contribution < -0.4 is 5.32 Å². The van der Waals surface area contributed by atoms with Gasteiger partial charge in [0.05, 0.1) is 5.57 Å². The zero-order valence-corrected chi connectivity index (χ0v) is 6.90. The zero-order chi connectivity index (χ0) is 9.26. The molecule has 0 amide bonds. The van der Waals surface area contributed by atoms with Gasteiger partial charge in [-0.3, -0.25) is 0 Å². The number of rotatable bonds is 1. The lowest BCUT2D eigenvalue weighted by Gasteiger charge is -2.21. The number of hydrogen-bond donors (Lipinski definition) is 2. The first-order valence-electron chi connectivity index (χ1n) is 4.03. The van der Waals surface area contributed by atoms with Gasteiger partial charge >= 0.3 is 5.97 Å². The average Bonchev–Trinajstić information content (AvgIpc) is 2.17. The minimum absolute atomic E-state index is 0.0938. The van der Waals surface area contributed by atoms with Gasteiger partial charge in [-0.1, -0.05) is 24.3 Å². The van der Waals surface area contributed by atoms with Crippen LogP contribution in [0.3, 0.4) is 0 Å². The molecule has 1 heterocycles. The van der Waals surface area contributed by atoms with Crippen molar-refractivity contribution in [1.82, 2.24) is 5.32 Å². The number of carboxylic acids is 1. The van der Waals surface area contributed by atoms with Crippen molar-refractivity contribution in [2.45, 2.75) is 0 Å². The lowest BCUT2D eigenvalue weighted by molar-refractivity contribution is -0.133. The minimum atomic E-state index is -0.872. The summed E-state index contributed by atoms with van der Waals surface area (Å²) in [5, 5.41) is 11.7. The largest absolute Gasteiger partial charge is 0.478 e. The van der Waals surface area contributed by atoms with E-state index in [0.29, 0.717) is 5.57 Å². The Balaban J connectivity index is 2.35. The van der Waals surface area contributed by atoms with Crippen molar-refractivity contribution in [2.24, 2.45) is 5.92 Å². The molecule has 0 aromatic rings. The highest BCUT2D eigenvalue weighted by molar-refractivity contribution is 5.89. The molecule has 0 bridgehead atoms. The Bertz CT molecular complexity index is 361. The van der Waals surface area contributed by atoms with Crippen LogP contribution in [0.2, 0.25) is 0 Å².